The average molecular weight is 266 g/mol. The van der Waals surface area contributed by atoms with E-state index in [1.807, 2.05) is 0 Å². The molecule has 0 aromatic carbocycles. The van der Waals surface area contributed by atoms with Gasteiger partial charge in [-0.05, 0) is 62.8 Å². The van der Waals surface area contributed by atoms with Gasteiger partial charge in [-0.2, -0.15) is 0 Å². The third-order valence-corrected chi connectivity index (χ3v) is 5.55. The van der Waals surface area contributed by atoms with Crippen molar-refractivity contribution < 1.29 is 4.74 Å². The molecule has 3 fully saturated rings. The fourth-order valence-electron chi connectivity index (χ4n) is 4.15. The van der Waals surface area contributed by atoms with E-state index in [4.69, 9.17) is 4.74 Å². The maximum Gasteiger partial charge on any atom is 0.0471 e. The van der Waals surface area contributed by atoms with Gasteiger partial charge in [0.15, 0.2) is 0 Å². The van der Waals surface area contributed by atoms with Crippen LogP contribution in [-0.4, -0.2) is 38.4 Å². The van der Waals surface area contributed by atoms with E-state index in [1.165, 1.54) is 58.0 Å². The van der Waals surface area contributed by atoms with Gasteiger partial charge in [0.1, 0.15) is 0 Å². The van der Waals surface area contributed by atoms with Crippen LogP contribution in [0.1, 0.15) is 51.9 Å². The van der Waals surface area contributed by atoms with Crippen molar-refractivity contribution in [1.82, 2.24) is 10.6 Å². The van der Waals surface area contributed by atoms with Crippen LogP contribution in [0.2, 0.25) is 0 Å². The predicted molar refractivity (Wildman–Crippen MR) is 78.3 cm³/mol. The van der Waals surface area contributed by atoms with E-state index in [-0.39, 0.29) is 0 Å². The molecule has 110 valence electrons. The molecule has 0 aliphatic carbocycles. The molecule has 3 aliphatic rings. The SMILES string of the molecule is CC1(CNCCC2CC3CCC(C2)N3)CCOCC1. The summed E-state index contributed by atoms with van der Waals surface area (Å²) in [6.45, 7) is 6.70. The first-order valence-electron chi connectivity index (χ1n) is 8.28. The van der Waals surface area contributed by atoms with Crippen LogP contribution in [0, 0.1) is 11.3 Å². The van der Waals surface area contributed by atoms with Gasteiger partial charge >= 0.3 is 0 Å². The molecule has 0 aromatic heterocycles. The standard InChI is InChI=1S/C16H30N2O/c1-16(5-8-19-9-6-16)12-17-7-4-13-10-14-2-3-15(11-13)18-14/h13-15,17-18H,2-12H2,1H3. The van der Waals surface area contributed by atoms with E-state index in [2.05, 4.69) is 17.6 Å². The summed E-state index contributed by atoms with van der Waals surface area (Å²) in [6, 6.07) is 1.69. The zero-order valence-electron chi connectivity index (χ0n) is 12.4. The highest BCUT2D eigenvalue weighted by Gasteiger charge is 2.33. The Morgan fingerprint density at radius 3 is 2.53 bits per heavy atom. The van der Waals surface area contributed by atoms with Gasteiger partial charge in [0.2, 0.25) is 0 Å². The maximum atomic E-state index is 5.46. The zero-order valence-corrected chi connectivity index (χ0v) is 12.4. The molecule has 0 radical (unpaired) electrons. The second-order valence-corrected chi connectivity index (χ2v) is 7.36. The Balaban J connectivity index is 1.32. The highest BCUT2D eigenvalue weighted by Crippen LogP contribution is 2.32. The minimum Gasteiger partial charge on any atom is -0.381 e. The van der Waals surface area contributed by atoms with Crippen molar-refractivity contribution in [1.29, 1.82) is 0 Å². The molecule has 19 heavy (non-hydrogen) atoms. The van der Waals surface area contributed by atoms with E-state index in [9.17, 15) is 0 Å². The number of hydrogen-bond donors (Lipinski definition) is 2. The van der Waals surface area contributed by atoms with E-state index in [1.54, 1.807) is 0 Å². The van der Waals surface area contributed by atoms with E-state index >= 15 is 0 Å². The quantitative estimate of drug-likeness (QED) is 0.749. The van der Waals surface area contributed by atoms with Crippen molar-refractivity contribution in [3.8, 4) is 0 Å². The fourth-order valence-corrected chi connectivity index (χ4v) is 4.15. The van der Waals surface area contributed by atoms with Gasteiger partial charge in [0, 0.05) is 31.8 Å². The molecule has 2 N–H and O–H groups in total. The summed E-state index contributed by atoms with van der Waals surface area (Å²) in [4.78, 5) is 0. The lowest BCUT2D eigenvalue weighted by Crippen LogP contribution is -2.40. The molecule has 3 nitrogen and oxygen atoms in total. The monoisotopic (exact) mass is 266 g/mol. The van der Waals surface area contributed by atoms with Crippen LogP contribution in [0.25, 0.3) is 0 Å². The Kier molecular flexibility index (Phi) is 4.45. The molecule has 3 aliphatic heterocycles. The molecule has 2 atom stereocenters. The molecule has 2 unspecified atom stereocenters. The van der Waals surface area contributed by atoms with Gasteiger partial charge in [0.05, 0.1) is 0 Å². The molecule has 3 rings (SSSR count). The van der Waals surface area contributed by atoms with Gasteiger partial charge in [-0.1, -0.05) is 6.92 Å². The van der Waals surface area contributed by atoms with Crippen molar-refractivity contribution in [2.24, 2.45) is 11.3 Å². The maximum absolute atomic E-state index is 5.46. The Labute approximate surface area is 117 Å². The summed E-state index contributed by atoms with van der Waals surface area (Å²) in [5.41, 5.74) is 0.478. The van der Waals surface area contributed by atoms with Gasteiger partial charge < -0.3 is 15.4 Å². The molecule has 0 saturated carbocycles. The van der Waals surface area contributed by atoms with Crippen molar-refractivity contribution in [2.75, 3.05) is 26.3 Å². The lowest BCUT2D eigenvalue weighted by atomic mass is 9.82. The van der Waals surface area contributed by atoms with E-state index < -0.39 is 0 Å². The smallest absolute Gasteiger partial charge is 0.0471 e. The molecule has 3 heterocycles. The largest absolute Gasteiger partial charge is 0.381 e. The first kappa shape index (κ1) is 13.8. The lowest BCUT2D eigenvalue weighted by Gasteiger charge is -2.34. The van der Waals surface area contributed by atoms with Crippen molar-refractivity contribution in [3.63, 3.8) is 0 Å². The van der Waals surface area contributed by atoms with Crippen molar-refractivity contribution in [2.45, 2.75) is 64.0 Å². The summed E-state index contributed by atoms with van der Waals surface area (Å²) in [6.07, 6.45) is 9.50. The second-order valence-electron chi connectivity index (χ2n) is 7.36. The van der Waals surface area contributed by atoms with Crippen molar-refractivity contribution >= 4 is 0 Å². The fraction of sp³-hybridized carbons (Fsp3) is 1.00. The molecule has 2 bridgehead atoms. The number of piperidine rings is 1. The second kappa shape index (κ2) is 6.11. The number of ether oxygens (including phenoxy) is 1. The normalized spacial score (nSPS) is 37.4. The van der Waals surface area contributed by atoms with Crippen molar-refractivity contribution in [3.05, 3.63) is 0 Å². The van der Waals surface area contributed by atoms with Crippen LogP contribution in [0.5, 0.6) is 0 Å². The van der Waals surface area contributed by atoms with Crippen LogP contribution >= 0.6 is 0 Å². The Bertz CT molecular complexity index is 276. The Morgan fingerprint density at radius 2 is 1.84 bits per heavy atom. The van der Waals surface area contributed by atoms with Gasteiger partial charge in [-0.25, -0.2) is 0 Å². The first-order valence-corrected chi connectivity index (χ1v) is 8.28. The average Bonchev–Trinajstić information content (AvgIpc) is 2.75. The third kappa shape index (κ3) is 3.71. The summed E-state index contributed by atoms with van der Waals surface area (Å²) < 4.78 is 5.46. The molecule has 3 saturated heterocycles. The van der Waals surface area contributed by atoms with Crippen LogP contribution in [-0.2, 0) is 4.74 Å². The summed E-state index contributed by atoms with van der Waals surface area (Å²) in [7, 11) is 0. The highest BCUT2D eigenvalue weighted by atomic mass is 16.5. The van der Waals surface area contributed by atoms with Gasteiger partial charge in [0.25, 0.3) is 0 Å². The minimum atomic E-state index is 0.478. The highest BCUT2D eigenvalue weighted by molar-refractivity contribution is 4.92. The third-order valence-electron chi connectivity index (χ3n) is 5.55. The Morgan fingerprint density at radius 1 is 1.16 bits per heavy atom. The van der Waals surface area contributed by atoms with Gasteiger partial charge in [-0.15, -0.1) is 0 Å². The lowest BCUT2D eigenvalue weighted by molar-refractivity contribution is 0.0240. The number of rotatable bonds is 5. The molecule has 0 aromatic rings. The van der Waals surface area contributed by atoms with Crippen LogP contribution < -0.4 is 10.6 Å². The summed E-state index contributed by atoms with van der Waals surface area (Å²) >= 11 is 0. The summed E-state index contributed by atoms with van der Waals surface area (Å²) in [5, 5.41) is 7.45. The van der Waals surface area contributed by atoms with E-state index in [0.717, 1.165) is 31.2 Å². The molecular formula is C16H30N2O. The molecule has 3 heteroatoms. The van der Waals surface area contributed by atoms with E-state index in [0.29, 0.717) is 5.41 Å². The molecule has 0 spiro atoms. The molecular weight excluding hydrogens is 236 g/mol. The summed E-state index contributed by atoms with van der Waals surface area (Å²) in [5.74, 6) is 0.966. The minimum absolute atomic E-state index is 0.478. The number of fused-ring (bicyclic) bond motifs is 2. The Hall–Kier alpha value is -0.120. The zero-order chi connectivity index (χ0) is 13.1. The van der Waals surface area contributed by atoms with Crippen LogP contribution in [0.15, 0.2) is 0 Å². The number of hydrogen-bond acceptors (Lipinski definition) is 3. The predicted octanol–water partition coefficient (Wildman–Crippen LogP) is 2.31. The van der Waals surface area contributed by atoms with Gasteiger partial charge in [-0.3, -0.25) is 0 Å². The van der Waals surface area contributed by atoms with Crippen LogP contribution in [0.4, 0.5) is 0 Å². The first-order chi connectivity index (χ1) is 9.23. The molecule has 0 amide bonds. The topological polar surface area (TPSA) is 33.3 Å². The van der Waals surface area contributed by atoms with Crippen LogP contribution in [0.3, 0.4) is 0 Å². The number of nitrogens with one attached hydrogen (secondary N) is 2.